The zero-order chi connectivity index (χ0) is 18.1. The van der Waals surface area contributed by atoms with Crippen molar-refractivity contribution in [2.45, 2.75) is 6.42 Å². The van der Waals surface area contributed by atoms with Crippen LogP contribution in [0.25, 0.3) is 11.0 Å². The number of halogens is 3. The zero-order valence-corrected chi connectivity index (χ0v) is 14.8. The van der Waals surface area contributed by atoms with Crippen LogP contribution in [-0.4, -0.2) is 19.9 Å². The van der Waals surface area contributed by atoms with Gasteiger partial charge in [0.25, 0.3) is 0 Å². The number of nitrogens with zero attached hydrogens (tertiary/aromatic N) is 3. The van der Waals surface area contributed by atoms with Crippen LogP contribution in [0, 0.1) is 5.82 Å². The van der Waals surface area contributed by atoms with Gasteiger partial charge in [-0.15, -0.1) is 0 Å². The van der Waals surface area contributed by atoms with Crippen LogP contribution in [0.2, 0.25) is 10.0 Å². The minimum atomic E-state index is -0.398. The molecule has 0 aliphatic rings. The number of hydrogen-bond donors (Lipinski definition) is 2. The van der Waals surface area contributed by atoms with Gasteiger partial charge in [0.15, 0.2) is 0 Å². The number of nitrogens with one attached hydrogen (secondary N) is 2. The molecule has 0 bridgehead atoms. The minimum absolute atomic E-state index is 0.265. The Balaban J connectivity index is 1.53. The maximum atomic E-state index is 13.1. The molecule has 0 saturated heterocycles. The van der Waals surface area contributed by atoms with Crippen molar-refractivity contribution in [1.29, 1.82) is 0 Å². The first-order valence-electron chi connectivity index (χ1n) is 7.73. The summed E-state index contributed by atoms with van der Waals surface area (Å²) in [5.41, 5.74) is 3.32. The quantitative estimate of drug-likeness (QED) is 0.509. The van der Waals surface area contributed by atoms with Crippen molar-refractivity contribution in [3.63, 3.8) is 0 Å². The van der Waals surface area contributed by atoms with E-state index in [1.54, 1.807) is 18.6 Å². The number of hydrogen-bond acceptors (Lipinski definition) is 4. The van der Waals surface area contributed by atoms with Crippen LogP contribution in [0.1, 0.15) is 11.1 Å². The van der Waals surface area contributed by atoms with E-state index in [4.69, 9.17) is 23.2 Å². The summed E-state index contributed by atoms with van der Waals surface area (Å²) in [6.07, 6.45) is 7.60. The van der Waals surface area contributed by atoms with Crippen LogP contribution >= 0.6 is 23.2 Å². The highest BCUT2D eigenvalue weighted by atomic mass is 35.5. The summed E-state index contributed by atoms with van der Waals surface area (Å²) in [5.74, 6) is -0.0176. The van der Waals surface area contributed by atoms with Gasteiger partial charge in [-0.25, -0.2) is 19.3 Å². The van der Waals surface area contributed by atoms with Crippen molar-refractivity contribution in [2.24, 2.45) is 0 Å². The molecule has 0 amide bonds. The molecule has 26 heavy (non-hydrogen) atoms. The molecule has 3 heterocycles. The number of fused-ring (bicyclic) bond motifs is 1. The highest BCUT2D eigenvalue weighted by Gasteiger charge is 2.08. The number of pyridine rings is 1. The average Bonchev–Trinajstić information content (AvgIpc) is 3.01. The summed E-state index contributed by atoms with van der Waals surface area (Å²) in [4.78, 5) is 16.0. The fraction of sp³-hybridized carbons (Fsp3) is 0.0556. The van der Waals surface area contributed by atoms with Gasteiger partial charge < -0.3 is 10.3 Å². The van der Waals surface area contributed by atoms with Crippen LogP contribution < -0.4 is 5.32 Å². The lowest BCUT2D eigenvalue weighted by Gasteiger charge is -2.07. The highest BCUT2D eigenvalue weighted by molar-refractivity contribution is 6.33. The Hall–Kier alpha value is -2.70. The SMILES string of the molecule is Fc1ccc(Nc2ncc(Cc3c[nH]c4ncc(Cl)cc34)cn2)c(Cl)c1. The molecule has 0 unspecified atom stereocenters. The molecule has 0 fully saturated rings. The molecule has 8 heteroatoms. The first-order valence-corrected chi connectivity index (χ1v) is 8.48. The molecule has 0 saturated carbocycles. The predicted molar refractivity (Wildman–Crippen MR) is 101 cm³/mol. The van der Waals surface area contributed by atoms with Gasteiger partial charge in [-0.05, 0) is 35.4 Å². The summed E-state index contributed by atoms with van der Waals surface area (Å²) < 4.78 is 13.1. The van der Waals surface area contributed by atoms with Gasteiger partial charge in [0.1, 0.15) is 11.5 Å². The molecule has 0 radical (unpaired) electrons. The number of aromatic amines is 1. The van der Waals surface area contributed by atoms with E-state index in [0.717, 1.165) is 22.2 Å². The summed E-state index contributed by atoms with van der Waals surface area (Å²) >= 11 is 12.0. The van der Waals surface area contributed by atoms with Crippen molar-refractivity contribution >= 4 is 45.9 Å². The van der Waals surface area contributed by atoms with Crippen molar-refractivity contribution in [3.8, 4) is 0 Å². The lowest BCUT2D eigenvalue weighted by Crippen LogP contribution is -1.99. The van der Waals surface area contributed by atoms with E-state index in [1.165, 1.54) is 18.2 Å². The Bertz CT molecular complexity index is 1080. The number of aromatic nitrogens is 4. The fourth-order valence-corrected chi connectivity index (χ4v) is 2.99. The first kappa shape index (κ1) is 16.8. The van der Waals surface area contributed by atoms with E-state index in [1.807, 2.05) is 12.3 Å². The molecule has 130 valence electrons. The van der Waals surface area contributed by atoms with Gasteiger partial charge >= 0.3 is 0 Å². The molecule has 0 spiro atoms. The number of H-pyrrole nitrogens is 1. The molecule has 0 atom stereocenters. The highest BCUT2D eigenvalue weighted by Crippen LogP contribution is 2.25. The molecular weight excluding hydrogens is 376 g/mol. The zero-order valence-electron chi connectivity index (χ0n) is 13.3. The summed E-state index contributed by atoms with van der Waals surface area (Å²) in [5, 5.41) is 4.79. The number of anilines is 2. The fourth-order valence-electron chi connectivity index (χ4n) is 2.62. The molecule has 4 rings (SSSR count). The van der Waals surface area contributed by atoms with E-state index >= 15 is 0 Å². The molecule has 1 aromatic carbocycles. The Labute approximate surface area is 158 Å². The molecule has 0 aliphatic heterocycles. The third-order valence-corrected chi connectivity index (χ3v) is 4.38. The summed E-state index contributed by atoms with van der Waals surface area (Å²) in [6.45, 7) is 0. The second-order valence-electron chi connectivity index (χ2n) is 5.70. The van der Waals surface area contributed by atoms with E-state index in [9.17, 15) is 4.39 Å². The second kappa shape index (κ2) is 6.90. The van der Waals surface area contributed by atoms with Crippen molar-refractivity contribution in [1.82, 2.24) is 19.9 Å². The summed E-state index contributed by atoms with van der Waals surface area (Å²) in [7, 11) is 0. The second-order valence-corrected chi connectivity index (χ2v) is 6.55. The average molecular weight is 388 g/mol. The largest absolute Gasteiger partial charge is 0.346 e. The Kier molecular flexibility index (Phi) is 4.44. The van der Waals surface area contributed by atoms with E-state index in [0.29, 0.717) is 23.1 Å². The van der Waals surface area contributed by atoms with Gasteiger partial charge in [0.2, 0.25) is 5.95 Å². The standard InChI is InChI=1S/C18H12Cl2FN5/c19-12-4-14-11(8-22-17(14)23-9-12)3-10-6-24-18(25-7-10)26-16-2-1-13(21)5-15(16)20/h1-2,4-9H,3H2,(H,22,23)(H,24,25,26). The molecule has 3 aromatic heterocycles. The minimum Gasteiger partial charge on any atom is -0.346 e. The predicted octanol–water partition coefficient (Wildman–Crippen LogP) is 5.13. The maximum Gasteiger partial charge on any atom is 0.227 e. The van der Waals surface area contributed by atoms with Crippen LogP contribution in [-0.2, 0) is 6.42 Å². The Morgan fingerprint density at radius 1 is 1.04 bits per heavy atom. The molecule has 4 aromatic rings. The van der Waals surface area contributed by atoms with Gasteiger partial charge in [-0.2, -0.15) is 0 Å². The smallest absolute Gasteiger partial charge is 0.227 e. The van der Waals surface area contributed by atoms with Gasteiger partial charge in [0.05, 0.1) is 15.7 Å². The number of rotatable bonds is 4. The lowest BCUT2D eigenvalue weighted by atomic mass is 10.1. The lowest BCUT2D eigenvalue weighted by molar-refractivity contribution is 0.628. The van der Waals surface area contributed by atoms with Gasteiger partial charge in [-0.3, -0.25) is 0 Å². The molecular formula is C18H12Cl2FN5. The van der Waals surface area contributed by atoms with E-state index in [2.05, 4.69) is 25.3 Å². The van der Waals surface area contributed by atoms with Crippen LogP contribution in [0.5, 0.6) is 0 Å². The van der Waals surface area contributed by atoms with Crippen molar-refractivity contribution in [2.75, 3.05) is 5.32 Å². The summed E-state index contributed by atoms with van der Waals surface area (Å²) in [6, 6.07) is 5.97. The molecule has 5 nitrogen and oxygen atoms in total. The van der Waals surface area contributed by atoms with Crippen LogP contribution in [0.3, 0.4) is 0 Å². The third kappa shape index (κ3) is 3.47. The maximum absolute atomic E-state index is 13.1. The van der Waals surface area contributed by atoms with Gasteiger partial charge in [0, 0.05) is 36.6 Å². The first-order chi connectivity index (χ1) is 12.6. The monoisotopic (exact) mass is 387 g/mol. The topological polar surface area (TPSA) is 66.5 Å². The van der Waals surface area contributed by atoms with Crippen molar-refractivity contribution in [3.05, 3.63) is 76.0 Å². The van der Waals surface area contributed by atoms with Crippen LogP contribution in [0.4, 0.5) is 16.0 Å². The van der Waals surface area contributed by atoms with E-state index < -0.39 is 5.82 Å². The Morgan fingerprint density at radius 2 is 1.85 bits per heavy atom. The third-order valence-electron chi connectivity index (χ3n) is 3.86. The number of benzene rings is 1. The molecule has 0 aliphatic carbocycles. The van der Waals surface area contributed by atoms with E-state index in [-0.39, 0.29) is 5.02 Å². The molecule has 2 N–H and O–H groups in total. The normalized spacial score (nSPS) is 11.0. The Morgan fingerprint density at radius 3 is 2.62 bits per heavy atom. The van der Waals surface area contributed by atoms with Crippen molar-refractivity contribution < 1.29 is 4.39 Å². The van der Waals surface area contributed by atoms with Gasteiger partial charge in [-0.1, -0.05) is 23.2 Å². The van der Waals surface area contributed by atoms with Crippen LogP contribution in [0.15, 0.2) is 49.1 Å².